The van der Waals surface area contributed by atoms with E-state index in [2.05, 4.69) is 22.3 Å². The molecule has 2 aliphatic heterocycles. The summed E-state index contributed by atoms with van der Waals surface area (Å²) < 4.78 is 14.3. The summed E-state index contributed by atoms with van der Waals surface area (Å²) in [6.45, 7) is 1.75. The van der Waals surface area contributed by atoms with Gasteiger partial charge >= 0.3 is 6.03 Å². The molecule has 0 aromatic heterocycles. The second kappa shape index (κ2) is 8.94. The van der Waals surface area contributed by atoms with Crippen molar-refractivity contribution < 1.29 is 18.8 Å². The van der Waals surface area contributed by atoms with E-state index in [-0.39, 0.29) is 11.3 Å². The van der Waals surface area contributed by atoms with E-state index >= 15 is 0 Å². The van der Waals surface area contributed by atoms with Gasteiger partial charge in [-0.3, -0.25) is 14.9 Å². The van der Waals surface area contributed by atoms with E-state index in [0.717, 1.165) is 43.2 Å². The average molecular weight is 455 g/mol. The van der Waals surface area contributed by atoms with Crippen LogP contribution >= 0.6 is 0 Å². The number of amides is 4. The van der Waals surface area contributed by atoms with Gasteiger partial charge in [0, 0.05) is 18.8 Å². The topological polar surface area (TPSA) is 69.7 Å². The van der Waals surface area contributed by atoms with Crippen LogP contribution < -0.4 is 15.1 Å². The number of rotatable bonds is 4. The van der Waals surface area contributed by atoms with E-state index in [9.17, 15) is 18.8 Å². The summed E-state index contributed by atoms with van der Waals surface area (Å²) in [7, 11) is 0. The largest absolute Gasteiger partial charge is 0.367 e. The van der Waals surface area contributed by atoms with Gasteiger partial charge in [-0.05, 0) is 59.9 Å². The van der Waals surface area contributed by atoms with Crippen molar-refractivity contribution >= 4 is 35.3 Å². The average Bonchev–Trinajstić information content (AvgIpc) is 2.83. The Morgan fingerprint density at radius 3 is 2.47 bits per heavy atom. The highest BCUT2D eigenvalue weighted by molar-refractivity contribution is 6.39. The van der Waals surface area contributed by atoms with Gasteiger partial charge in [0.1, 0.15) is 11.4 Å². The summed E-state index contributed by atoms with van der Waals surface area (Å²) >= 11 is 0. The van der Waals surface area contributed by atoms with Gasteiger partial charge < -0.3 is 4.90 Å². The zero-order valence-corrected chi connectivity index (χ0v) is 18.3. The second-order valence-electron chi connectivity index (χ2n) is 8.31. The summed E-state index contributed by atoms with van der Waals surface area (Å²) in [5.74, 6) is -2.39. The molecule has 34 heavy (non-hydrogen) atoms. The third kappa shape index (κ3) is 4.08. The normalized spacial score (nSPS) is 17.1. The van der Waals surface area contributed by atoms with Gasteiger partial charge in [0.2, 0.25) is 0 Å². The molecule has 4 amide bonds. The van der Waals surface area contributed by atoms with Crippen molar-refractivity contribution in [2.75, 3.05) is 16.3 Å². The van der Waals surface area contributed by atoms with E-state index in [4.69, 9.17) is 0 Å². The Morgan fingerprint density at radius 1 is 0.912 bits per heavy atom. The fraction of sp³-hybridized carbons (Fsp3) is 0.148. The van der Waals surface area contributed by atoms with Crippen LogP contribution in [-0.2, 0) is 22.6 Å². The minimum atomic E-state index is -0.973. The van der Waals surface area contributed by atoms with Crippen LogP contribution in [0.25, 0.3) is 6.08 Å². The molecule has 0 aliphatic carbocycles. The van der Waals surface area contributed by atoms with Crippen molar-refractivity contribution in [3.05, 3.63) is 101 Å². The molecule has 1 fully saturated rings. The van der Waals surface area contributed by atoms with Crippen LogP contribution in [-0.4, -0.2) is 24.4 Å². The predicted molar refractivity (Wildman–Crippen MR) is 128 cm³/mol. The SMILES string of the molecule is O=C1NC(=O)N(c2ccccc2F)C(=O)C1=Cc1ccc2c(c1)CCCN2Cc1ccccc1. The molecule has 170 valence electrons. The number of urea groups is 1. The molecule has 5 rings (SSSR count). The van der Waals surface area contributed by atoms with Crippen LogP contribution in [0, 0.1) is 5.82 Å². The van der Waals surface area contributed by atoms with Gasteiger partial charge in [0.15, 0.2) is 0 Å². The van der Waals surface area contributed by atoms with E-state index in [1.54, 1.807) is 0 Å². The number of barbiturate groups is 1. The van der Waals surface area contributed by atoms with E-state index < -0.39 is 23.7 Å². The zero-order chi connectivity index (χ0) is 23.7. The Hall–Kier alpha value is -4.26. The number of imide groups is 2. The first-order valence-electron chi connectivity index (χ1n) is 11.1. The highest BCUT2D eigenvalue weighted by Gasteiger charge is 2.38. The van der Waals surface area contributed by atoms with E-state index in [1.807, 2.05) is 36.4 Å². The molecule has 0 saturated carbocycles. The molecule has 0 spiro atoms. The molecule has 7 heteroatoms. The number of fused-ring (bicyclic) bond motifs is 1. The lowest BCUT2D eigenvalue weighted by Crippen LogP contribution is -2.54. The van der Waals surface area contributed by atoms with E-state index in [0.29, 0.717) is 10.5 Å². The number of anilines is 2. The summed E-state index contributed by atoms with van der Waals surface area (Å²) in [6, 6.07) is 20.5. The van der Waals surface area contributed by atoms with Gasteiger partial charge in [0.05, 0.1) is 5.69 Å². The molecule has 2 heterocycles. The number of benzene rings is 3. The lowest BCUT2D eigenvalue weighted by Gasteiger charge is -2.32. The zero-order valence-electron chi connectivity index (χ0n) is 18.3. The Morgan fingerprint density at radius 2 is 1.68 bits per heavy atom. The molecule has 0 bridgehead atoms. The molecular weight excluding hydrogens is 433 g/mol. The van der Waals surface area contributed by atoms with Gasteiger partial charge in [-0.15, -0.1) is 0 Å². The first kappa shape index (κ1) is 21.6. The van der Waals surface area contributed by atoms with Crippen LogP contribution in [0.1, 0.15) is 23.1 Å². The quantitative estimate of drug-likeness (QED) is 0.466. The van der Waals surface area contributed by atoms with Crippen LogP contribution in [0.15, 0.2) is 78.4 Å². The smallest absolute Gasteiger partial charge is 0.336 e. The highest BCUT2D eigenvalue weighted by Crippen LogP contribution is 2.31. The minimum absolute atomic E-state index is 0.203. The fourth-order valence-electron chi connectivity index (χ4n) is 4.43. The van der Waals surface area contributed by atoms with Crippen LogP contribution in [0.2, 0.25) is 0 Å². The molecule has 0 unspecified atom stereocenters. The standard InChI is InChI=1S/C27H22FN3O3/c28-22-10-4-5-11-24(22)31-26(33)21(25(32)29-27(31)34)16-19-12-13-23-20(15-19)9-6-14-30(23)17-18-7-2-1-3-8-18/h1-5,7-8,10-13,15-16H,6,9,14,17H2,(H,29,32,34). The highest BCUT2D eigenvalue weighted by atomic mass is 19.1. The maximum atomic E-state index is 14.3. The molecule has 2 aliphatic rings. The first-order valence-corrected chi connectivity index (χ1v) is 11.1. The lowest BCUT2D eigenvalue weighted by atomic mass is 9.97. The number of carbonyl (C=O) groups is 3. The van der Waals surface area contributed by atoms with Crippen molar-refractivity contribution in [3.63, 3.8) is 0 Å². The van der Waals surface area contributed by atoms with Crippen LogP contribution in [0.3, 0.4) is 0 Å². The first-order chi connectivity index (χ1) is 16.5. The molecule has 0 radical (unpaired) electrons. The molecule has 1 saturated heterocycles. The van der Waals surface area contributed by atoms with Crippen LogP contribution in [0.4, 0.5) is 20.6 Å². The number of nitrogens with zero attached hydrogens (tertiary/aromatic N) is 2. The van der Waals surface area contributed by atoms with Gasteiger partial charge in [-0.25, -0.2) is 14.1 Å². The summed E-state index contributed by atoms with van der Waals surface area (Å²) in [4.78, 5) is 40.8. The van der Waals surface area contributed by atoms with Crippen LogP contribution in [0.5, 0.6) is 0 Å². The maximum absolute atomic E-state index is 14.3. The number of aryl methyl sites for hydroxylation is 1. The fourth-order valence-corrected chi connectivity index (χ4v) is 4.43. The van der Waals surface area contributed by atoms with Crippen molar-refractivity contribution in [1.29, 1.82) is 0 Å². The van der Waals surface area contributed by atoms with Crippen molar-refractivity contribution in [2.24, 2.45) is 0 Å². The third-order valence-corrected chi connectivity index (χ3v) is 6.04. The van der Waals surface area contributed by atoms with E-state index in [1.165, 1.54) is 29.8 Å². The van der Waals surface area contributed by atoms with Crippen molar-refractivity contribution in [1.82, 2.24) is 5.32 Å². The summed E-state index contributed by atoms with van der Waals surface area (Å²) in [5.41, 5.74) is 3.72. The molecule has 1 N–H and O–H groups in total. The number of halogens is 1. The number of para-hydroxylation sites is 1. The van der Waals surface area contributed by atoms with Crippen molar-refractivity contribution in [3.8, 4) is 0 Å². The Kier molecular flexibility index (Phi) is 5.67. The number of nitrogens with one attached hydrogen (secondary N) is 1. The Balaban J connectivity index is 1.45. The molecule has 3 aromatic carbocycles. The van der Waals surface area contributed by atoms with Gasteiger partial charge in [0.25, 0.3) is 11.8 Å². The third-order valence-electron chi connectivity index (χ3n) is 6.04. The number of hydrogen-bond acceptors (Lipinski definition) is 4. The Bertz CT molecular complexity index is 1320. The molecular formula is C27H22FN3O3. The maximum Gasteiger partial charge on any atom is 0.336 e. The van der Waals surface area contributed by atoms with Gasteiger partial charge in [-0.1, -0.05) is 48.5 Å². The Labute approximate surface area is 196 Å². The monoisotopic (exact) mass is 455 g/mol. The minimum Gasteiger partial charge on any atom is -0.367 e. The van der Waals surface area contributed by atoms with Crippen molar-refractivity contribution in [2.45, 2.75) is 19.4 Å². The lowest BCUT2D eigenvalue weighted by molar-refractivity contribution is -0.122. The summed E-state index contributed by atoms with van der Waals surface area (Å²) in [5, 5.41) is 2.14. The summed E-state index contributed by atoms with van der Waals surface area (Å²) in [6.07, 6.45) is 3.33. The molecule has 3 aromatic rings. The van der Waals surface area contributed by atoms with Gasteiger partial charge in [-0.2, -0.15) is 0 Å². The molecule has 6 nitrogen and oxygen atoms in total. The predicted octanol–water partition coefficient (Wildman–Crippen LogP) is 4.44. The number of carbonyl (C=O) groups excluding carboxylic acids is 3. The molecule has 0 atom stereocenters. The number of hydrogen-bond donors (Lipinski definition) is 1. The second-order valence-corrected chi connectivity index (χ2v) is 8.31.